The van der Waals surface area contributed by atoms with Crippen LogP contribution in [0.1, 0.15) is 6.92 Å². The van der Waals surface area contributed by atoms with Crippen LogP contribution in [-0.2, 0) is 9.59 Å². The van der Waals surface area contributed by atoms with Gasteiger partial charge in [0.1, 0.15) is 0 Å². The molecule has 0 spiro atoms. The number of amides is 2. The lowest BCUT2D eigenvalue weighted by Crippen LogP contribution is -2.65. The smallest absolute Gasteiger partial charge is 0.214 e. The van der Waals surface area contributed by atoms with E-state index in [0.29, 0.717) is 6.54 Å². The molecular weight excluding hydrogens is 194 g/mol. The number of carbonyl (C=O) groups excluding carboxylic acids is 2. The molecule has 0 saturated carbocycles. The normalized spacial score (nSPS) is 35.1. The number of piperazine rings is 1. The summed E-state index contributed by atoms with van der Waals surface area (Å²) < 4.78 is 0.975. The van der Waals surface area contributed by atoms with Gasteiger partial charge in [0.25, 0.3) is 0 Å². The molecule has 2 fully saturated rings. The molecule has 5 nitrogen and oxygen atoms in total. The van der Waals surface area contributed by atoms with Crippen molar-refractivity contribution in [2.75, 3.05) is 39.3 Å². The third kappa shape index (κ3) is 1.51. The number of nitrogens with zero attached hydrogens (tertiary/aromatic N) is 3. The van der Waals surface area contributed by atoms with Gasteiger partial charge in [0.05, 0.1) is 39.3 Å². The third-order valence-corrected chi connectivity index (χ3v) is 3.96. The Kier molecular flexibility index (Phi) is 2.65. The minimum Gasteiger partial charge on any atom is -0.332 e. The van der Waals surface area contributed by atoms with Gasteiger partial charge in [0, 0.05) is 0 Å². The van der Waals surface area contributed by atoms with E-state index in [1.165, 1.54) is 0 Å². The summed E-state index contributed by atoms with van der Waals surface area (Å²) in [5.41, 5.74) is 0. The predicted molar refractivity (Wildman–Crippen MR) is 54.7 cm³/mol. The van der Waals surface area contributed by atoms with Gasteiger partial charge in [-0.15, -0.1) is 0 Å². The monoisotopic (exact) mass is 212 g/mol. The van der Waals surface area contributed by atoms with E-state index in [4.69, 9.17) is 0 Å². The number of rotatable bonds is 3. The molecule has 0 aromatic carbocycles. The summed E-state index contributed by atoms with van der Waals surface area (Å²) in [6, 6.07) is 0. The molecule has 2 heterocycles. The molecule has 0 N–H and O–H groups in total. The van der Waals surface area contributed by atoms with E-state index in [0.717, 1.165) is 50.0 Å². The van der Waals surface area contributed by atoms with Crippen molar-refractivity contribution in [3.8, 4) is 0 Å². The molecule has 0 radical (unpaired) electrons. The summed E-state index contributed by atoms with van der Waals surface area (Å²) in [4.78, 5) is 25.3. The van der Waals surface area contributed by atoms with Crippen molar-refractivity contribution in [1.82, 2.24) is 9.80 Å². The van der Waals surface area contributed by atoms with Gasteiger partial charge in [-0.3, -0.25) is 19.0 Å². The van der Waals surface area contributed by atoms with Crippen LogP contribution in [0, 0.1) is 0 Å². The minimum absolute atomic E-state index is 0.187. The molecule has 2 unspecified atom stereocenters. The van der Waals surface area contributed by atoms with Gasteiger partial charge >= 0.3 is 0 Å². The van der Waals surface area contributed by atoms with Crippen molar-refractivity contribution < 1.29 is 14.1 Å². The Labute approximate surface area is 89.8 Å². The van der Waals surface area contributed by atoms with Crippen molar-refractivity contribution >= 4 is 12.8 Å². The largest absolute Gasteiger partial charge is 0.332 e. The van der Waals surface area contributed by atoms with Gasteiger partial charge < -0.3 is 4.90 Å². The molecule has 2 aliphatic heterocycles. The van der Waals surface area contributed by atoms with E-state index < -0.39 is 0 Å². The average Bonchev–Trinajstić information content (AvgIpc) is 2.67. The molecule has 2 saturated heterocycles. The lowest BCUT2D eigenvalue weighted by atomic mass is 10.2. The van der Waals surface area contributed by atoms with Crippen molar-refractivity contribution in [2.24, 2.45) is 0 Å². The van der Waals surface area contributed by atoms with E-state index in [-0.39, 0.29) is 6.17 Å². The number of likely N-dealkylation sites (N-methyl/N-ethyl adjacent to an activating group) is 1. The number of quaternary nitrogens is 1. The van der Waals surface area contributed by atoms with Crippen LogP contribution in [-0.4, -0.2) is 72.5 Å². The number of hydrogen-bond acceptors (Lipinski definition) is 2. The summed E-state index contributed by atoms with van der Waals surface area (Å²) in [5, 5.41) is 0. The Morgan fingerprint density at radius 3 is 2.60 bits per heavy atom. The molecule has 2 rings (SSSR count). The van der Waals surface area contributed by atoms with Gasteiger partial charge in [-0.1, -0.05) is 0 Å². The predicted octanol–water partition coefficient (Wildman–Crippen LogP) is -0.907. The summed E-state index contributed by atoms with van der Waals surface area (Å²) >= 11 is 0. The van der Waals surface area contributed by atoms with Crippen LogP contribution in [0.5, 0.6) is 0 Å². The molecule has 2 amide bonds. The quantitative estimate of drug-likeness (QED) is 0.449. The summed E-state index contributed by atoms with van der Waals surface area (Å²) in [6.07, 6.45) is 2.01. The maximum atomic E-state index is 10.9. The molecule has 0 bridgehead atoms. The molecular formula is C10H18N3O2+. The second kappa shape index (κ2) is 3.81. The SMILES string of the molecule is CC[N+]12CCN(C=O)CC1N(C=O)CC2. The second-order valence-electron chi connectivity index (χ2n) is 4.41. The molecule has 2 aliphatic rings. The number of hydrogen-bond donors (Lipinski definition) is 0. The Morgan fingerprint density at radius 1 is 1.27 bits per heavy atom. The zero-order valence-corrected chi connectivity index (χ0v) is 9.13. The van der Waals surface area contributed by atoms with E-state index in [1.807, 2.05) is 4.90 Å². The lowest BCUT2D eigenvalue weighted by Gasteiger charge is -2.45. The molecule has 15 heavy (non-hydrogen) atoms. The van der Waals surface area contributed by atoms with E-state index >= 15 is 0 Å². The molecule has 0 aromatic heterocycles. The molecule has 84 valence electrons. The Bertz CT molecular complexity index is 271. The summed E-state index contributed by atoms with van der Waals surface area (Å²) in [5.74, 6) is 0. The van der Waals surface area contributed by atoms with Crippen molar-refractivity contribution in [2.45, 2.75) is 13.1 Å². The highest BCUT2D eigenvalue weighted by Gasteiger charge is 2.48. The number of fused-ring (bicyclic) bond motifs is 1. The first-order valence-electron chi connectivity index (χ1n) is 5.52. The fourth-order valence-corrected chi connectivity index (χ4v) is 2.84. The summed E-state index contributed by atoms with van der Waals surface area (Å²) in [7, 11) is 0. The van der Waals surface area contributed by atoms with Gasteiger partial charge in [-0.2, -0.15) is 0 Å². The van der Waals surface area contributed by atoms with E-state index in [2.05, 4.69) is 6.92 Å². The highest BCUT2D eigenvalue weighted by molar-refractivity contribution is 5.50. The highest BCUT2D eigenvalue weighted by atomic mass is 16.1. The first-order chi connectivity index (χ1) is 7.25. The molecule has 5 heteroatoms. The lowest BCUT2D eigenvalue weighted by molar-refractivity contribution is -0.945. The fraction of sp³-hybridized carbons (Fsp3) is 0.800. The van der Waals surface area contributed by atoms with Crippen LogP contribution in [0.15, 0.2) is 0 Å². The highest BCUT2D eigenvalue weighted by Crippen LogP contribution is 2.26. The van der Waals surface area contributed by atoms with Crippen molar-refractivity contribution in [3.63, 3.8) is 0 Å². The second-order valence-corrected chi connectivity index (χ2v) is 4.41. The summed E-state index contributed by atoms with van der Waals surface area (Å²) in [6.45, 7) is 7.56. The zero-order valence-electron chi connectivity index (χ0n) is 9.13. The molecule has 0 aliphatic carbocycles. The standard InChI is InChI=1S/C10H18N3O2/c1-2-13-5-3-11(8-14)7-10(13)12(9-15)4-6-13/h8-10H,2-7H2,1H3/q+1. The third-order valence-electron chi connectivity index (χ3n) is 3.96. The molecule has 2 atom stereocenters. The first kappa shape index (κ1) is 10.4. The maximum absolute atomic E-state index is 10.9. The Hall–Kier alpha value is -1.10. The van der Waals surface area contributed by atoms with Gasteiger partial charge in [-0.05, 0) is 6.92 Å². The van der Waals surface area contributed by atoms with Gasteiger partial charge in [-0.25, -0.2) is 0 Å². The number of carbonyl (C=O) groups is 2. The molecule has 0 aromatic rings. The topological polar surface area (TPSA) is 40.6 Å². The van der Waals surface area contributed by atoms with E-state index in [9.17, 15) is 9.59 Å². The van der Waals surface area contributed by atoms with E-state index in [1.54, 1.807) is 4.90 Å². The Balaban J connectivity index is 2.18. The van der Waals surface area contributed by atoms with Crippen LogP contribution in [0.2, 0.25) is 0 Å². The van der Waals surface area contributed by atoms with Crippen LogP contribution in [0.25, 0.3) is 0 Å². The van der Waals surface area contributed by atoms with Gasteiger partial charge in [0.15, 0.2) is 6.17 Å². The van der Waals surface area contributed by atoms with Crippen LogP contribution in [0.3, 0.4) is 0 Å². The van der Waals surface area contributed by atoms with Gasteiger partial charge in [0.2, 0.25) is 12.8 Å². The van der Waals surface area contributed by atoms with Crippen molar-refractivity contribution in [1.29, 1.82) is 0 Å². The first-order valence-corrected chi connectivity index (χ1v) is 5.52. The van der Waals surface area contributed by atoms with Crippen LogP contribution < -0.4 is 0 Å². The zero-order chi connectivity index (χ0) is 10.9. The maximum Gasteiger partial charge on any atom is 0.214 e. The van der Waals surface area contributed by atoms with Crippen LogP contribution >= 0.6 is 0 Å². The fourth-order valence-electron chi connectivity index (χ4n) is 2.84. The average molecular weight is 212 g/mol. The van der Waals surface area contributed by atoms with Crippen LogP contribution in [0.4, 0.5) is 0 Å². The van der Waals surface area contributed by atoms with Crippen molar-refractivity contribution in [3.05, 3.63) is 0 Å². The Morgan fingerprint density at radius 2 is 2.00 bits per heavy atom. The minimum atomic E-state index is 0.187.